The first-order chi connectivity index (χ1) is 16.1. The largest absolute Gasteiger partial charge is 0.496 e. The van der Waals surface area contributed by atoms with Gasteiger partial charge in [0.1, 0.15) is 23.0 Å². The summed E-state index contributed by atoms with van der Waals surface area (Å²) in [5.41, 5.74) is 1.07. The maximum Gasteiger partial charge on any atom is 0.303 e. The maximum absolute atomic E-state index is 12.8. The number of carboxylic acids is 1. The third kappa shape index (κ3) is 7.41. The molecule has 1 amide bonds. The maximum atomic E-state index is 12.8. The van der Waals surface area contributed by atoms with E-state index in [0.29, 0.717) is 34.1 Å². The zero-order valence-electron chi connectivity index (χ0n) is 19.3. The number of methoxy groups -OCH3 is 4. The van der Waals surface area contributed by atoms with E-state index in [-0.39, 0.29) is 24.3 Å². The minimum atomic E-state index is -3.74. The average molecular weight is 494 g/mol. The van der Waals surface area contributed by atoms with Crippen LogP contribution in [0.3, 0.4) is 0 Å². The molecule has 34 heavy (non-hydrogen) atoms. The lowest BCUT2D eigenvalue weighted by Gasteiger charge is -2.13. The number of benzene rings is 2. The SMILES string of the molecule is COc1cc(OC)c(/C=C\S(=O)(=O)Cc2ccc(OC)c(NC(=O)CCC(=O)O)c2)c(OC)c1. The second kappa shape index (κ2) is 11.9. The Morgan fingerprint density at radius 1 is 0.912 bits per heavy atom. The normalized spacial score (nSPS) is 11.2. The van der Waals surface area contributed by atoms with Crippen molar-refractivity contribution in [1.82, 2.24) is 0 Å². The van der Waals surface area contributed by atoms with Crippen molar-refractivity contribution >= 4 is 33.5 Å². The Morgan fingerprint density at radius 2 is 1.53 bits per heavy atom. The Bertz CT molecular complexity index is 1150. The van der Waals surface area contributed by atoms with Crippen LogP contribution in [0.15, 0.2) is 35.7 Å². The fourth-order valence-electron chi connectivity index (χ4n) is 3.02. The van der Waals surface area contributed by atoms with E-state index in [1.54, 1.807) is 18.2 Å². The van der Waals surface area contributed by atoms with Gasteiger partial charge in [0, 0.05) is 24.0 Å². The van der Waals surface area contributed by atoms with Crippen LogP contribution in [-0.2, 0) is 25.2 Å². The molecule has 0 bridgehead atoms. The van der Waals surface area contributed by atoms with Crippen LogP contribution in [0, 0.1) is 0 Å². The molecule has 10 nitrogen and oxygen atoms in total. The molecule has 2 aromatic carbocycles. The summed E-state index contributed by atoms with van der Waals surface area (Å²) in [5, 5.41) is 12.3. The first-order valence-electron chi connectivity index (χ1n) is 10.0. The zero-order valence-corrected chi connectivity index (χ0v) is 20.1. The van der Waals surface area contributed by atoms with Gasteiger partial charge in [0.2, 0.25) is 5.91 Å². The molecule has 0 aliphatic rings. The van der Waals surface area contributed by atoms with Crippen molar-refractivity contribution in [3.8, 4) is 23.0 Å². The lowest BCUT2D eigenvalue weighted by atomic mass is 10.1. The van der Waals surface area contributed by atoms with Crippen LogP contribution in [0.4, 0.5) is 5.69 Å². The number of anilines is 1. The van der Waals surface area contributed by atoms with Crippen LogP contribution in [0.1, 0.15) is 24.0 Å². The zero-order chi connectivity index (χ0) is 25.3. The van der Waals surface area contributed by atoms with Crippen LogP contribution in [0.5, 0.6) is 23.0 Å². The lowest BCUT2D eigenvalue weighted by Crippen LogP contribution is -2.14. The molecule has 2 aromatic rings. The number of carboxylic acid groups (broad SMARTS) is 1. The van der Waals surface area contributed by atoms with Crippen LogP contribution >= 0.6 is 0 Å². The predicted molar refractivity (Wildman–Crippen MR) is 126 cm³/mol. The van der Waals surface area contributed by atoms with E-state index < -0.39 is 21.7 Å². The fraction of sp³-hybridized carbons (Fsp3) is 0.304. The highest BCUT2D eigenvalue weighted by Crippen LogP contribution is 2.35. The molecule has 0 aliphatic carbocycles. The van der Waals surface area contributed by atoms with Gasteiger partial charge in [-0.05, 0) is 23.8 Å². The summed E-state index contributed by atoms with van der Waals surface area (Å²) in [6.45, 7) is 0. The Balaban J connectivity index is 2.27. The Kier molecular flexibility index (Phi) is 9.31. The molecular weight excluding hydrogens is 466 g/mol. The van der Waals surface area contributed by atoms with E-state index in [4.69, 9.17) is 24.1 Å². The molecular formula is C23H27NO9S. The van der Waals surface area contributed by atoms with Crippen molar-refractivity contribution in [3.05, 3.63) is 46.9 Å². The number of ether oxygens (including phenoxy) is 4. The van der Waals surface area contributed by atoms with E-state index in [1.807, 2.05) is 0 Å². The van der Waals surface area contributed by atoms with E-state index in [2.05, 4.69) is 5.32 Å². The molecule has 0 radical (unpaired) electrons. The second-order valence-corrected chi connectivity index (χ2v) is 8.92. The van der Waals surface area contributed by atoms with Crippen molar-refractivity contribution in [3.63, 3.8) is 0 Å². The molecule has 0 saturated heterocycles. The highest BCUT2D eigenvalue weighted by atomic mass is 32.2. The molecule has 2 rings (SSSR count). The quantitative estimate of drug-likeness (QED) is 0.457. The summed E-state index contributed by atoms with van der Waals surface area (Å²) in [7, 11) is 2.05. The molecule has 0 fully saturated rings. The molecule has 0 aliphatic heterocycles. The van der Waals surface area contributed by atoms with E-state index in [1.165, 1.54) is 46.6 Å². The number of nitrogens with one attached hydrogen (secondary N) is 1. The minimum Gasteiger partial charge on any atom is -0.496 e. The second-order valence-electron chi connectivity index (χ2n) is 7.03. The fourth-order valence-corrected chi connectivity index (χ4v) is 4.11. The molecule has 2 N–H and O–H groups in total. The predicted octanol–water partition coefficient (Wildman–Crippen LogP) is 3.11. The van der Waals surface area contributed by atoms with Crippen molar-refractivity contribution in [2.75, 3.05) is 33.8 Å². The minimum absolute atomic E-state index is 0.227. The smallest absolute Gasteiger partial charge is 0.303 e. The van der Waals surface area contributed by atoms with Crippen molar-refractivity contribution in [2.24, 2.45) is 0 Å². The molecule has 0 aromatic heterocycles. The Morgan fingerprint density at radius 3 is 2.06 bits per heavy atom. The average Bonchev–Trinajstić information content (AvgIpc) is 2.80. The van der Waals surface area contributed by atoms with Gasteiger partial charge in [0.25, 0.3) is 0 Å². The number of carbonyl (C=O) groups is 2. The van der Waals surface area contributed by atoms with Crippen LogP contribution in [0.25, 0.3) is 6.08 Å². The van der Waals surface area contributed by atoms with Crippen LogP contribution in [-0.4, -0.2) is 53.8 Å². The van der Waals surface area contributed by atoms with Gasteiger partial charge in [-0.2, -0.15) is 0 Å². The summed E-state index contributed by atoms with van der Waals surface area (Å²) in [6.07, 6.45) is 0.825. The standard InChI is InChI=1S/C23H27NO9S/c1-30-16-12-20(32-3)17(21(13-16)33-4)9-10-34(28,29)14-15-5-6-19(31-2)18(11-15)24-22(25)7-8-23(26)27/h5-6,9-13H,7-8,14H2,1-4H3,(H,24,25)(H,26,27)/b10-9-. The van der Waals surface area contributed by atoms with Crippen molar-refractivity contribution < 1.29 is 42.1 Å². The first kappa shape index (κ1) is 26.5. The van der Waals surface area contributed by atoms with Crippen LogP contribution < -0.4 is 24.3 Å². The van der Waals surface area contributed by atoms with E-state index in [9.17, 15) is 18.0 Å². The molecule has 0 unspecified atom stereocenters. The summed E-state index contributed by atoms with van der Waals surface area (Å²) in [5.74, 6) is -0.431. The van der Waals surface area contributed by atoms with Gasteiger partial charge in [0.15, 0.2) is 9.84 Å². The molecule has 0 atom stereocenters. The first-order valence-corrected chi connectivity index (χ1v) is 11.7. The van der Waals surface area contributed by atoms with E-state index in [0.717, 1.165) is 5.41 Å². The van der Waals surface area contributed by atoms with Gasteiger partial charge >= 0.3 is 5.97 Å². The topological polar surface area (TPSA) is 137 Å². The number of hydrogen-bond donors (Lipinski definition) is 2. The highest BCUT2D eigenvalue weighted by molar-refractivity contribution is 7.93. The van der Waals surface area contributed by atoms with Crippen LogP contribution in [0.2, 0.25) is 0 Å². The molecule has 11 heteroatoms. The van der Waals surface area contributed by atoms with Gasteiger partial charge < -0.3 is 29.4 Å². The summed E-state index contributed by atoms with van der Waals surface area (Å²) in [4.78, 5) is 22.7. The van der Waals surface area contributed by atoms with Gasteiger partial charge in [-0.15, -0.1) is 0 Å². The molecule has 0 saturated carbocycles. The number of amides is 1. The monoisotopic (exact) mass is 493 g/mol. The summed E-state index contributed by atoms with van der Waals surface area (Å²) >= 11 is 0. The lowest BCUT2D eigenvalue weighted by molar-refractivity contribution is -0.138. The third-order valence-electron chi connectivity index (χ3n) is 4.67. The Hall–Kier alpha value is -3.73. The highest BCUT2D eigenvalue weighted by Gasteiger charge is 2.16. The summed E-state index contributed by atoms with van der Waals surface area (Å²) in [6, 6.07) is 7.77. The van der Waals surface area contributed by atoms with Gasteiger partial charge in [-0.25, -0.2) is 8.42 Å². The van der Waals surface area contributed by atoms with Gasteiger partial charge in [-0.3, -0.25) is 9.59 Å². The Labute approximate surface area is 198 Å². The third-order valence-corrected chi connectivity index (χ3v) is 5.95. The summed E-state index contributed by atoms with van der Waals surface area (Å²) < 4.78 is 46.6. The van der Waals surface area contributed by atoms with Gasteiger partial charge in [0.05, 0.1) is 51.9 Å². The number of sulfone groups is 1. The molecule has 0 heterocycles. The van der Waals surface area contributed by atoms with Crippen molar-refractivity contribution in [2.45, 2.75) is 18.6 Å². The molecule has 184 valence electrons. The number of rotatable bonds is 12. The van der Waals surface area contributed by atoms with E-state index >= 15 is 0 Å². The van der Waals surface area contributed by atoms with Gasteiger partial charge in [-0.1, -0.05) is 6.07 Å². The number of hydrogen-bond acceptors (Lipinski definition) is 8. The number of aliphatic carboxylic acids is 1. The molecule has 0 spiro atoms. The van der Waals surface area contributed by atoms with Crippen molar-refractivity contribution in [1.29, 1.82) is 0 Å². The number of carbonyl (C=O) groups excluding carboxylic acids is 1.